The van der Waals surface area contributed by atoms with Crippen molar-refractivity contribution in [3.63, 3.8) is 0 Å². The van der Waals surface area contributed by atoms with Gasteiger partial charge in [-0.2, -0.15) is 4.58 Å². The van der Waals surface area contributed by atoms with Gasteiger partial charge in [-0.05, 0) is 36.6 Å². The van der Waals surface area contributed by atoms with E-state index in [1.807, 2.05) is 67.7 Å². The van der Waals surface area contributed by atoms with Crippen LogP contribution >= 0.6 is 11.6 Å². The van der Waals surface area contributed by atoms with Crippen LogP contribution in [0.15, 0.2) is 90.2 Å². The van der Waals surface area contributed by atoms with E-state index < -0.39 is 0 Å². The van der Waals surface area contributed by atoms with E-state index in [1.165, 1.54) is 12.0 Å². The van der Waals surface area contributed by atoms with Gasteiger partial charge in [0.2, 0.25) is 11.5 Å². The van der Waals surface area contributed by atoms with E-state index in [-0.39, 0.29) is 17.0 Å². The number of allylic oxidation sites excluding steroid dienone is 3. The number of aliphatic hydroxyl groups excluding tert-OH is 1. The van der Waals surface area contributed by atoms with Crippen molar-refractivity contribution in [2.24, 2.45) is 7.05 Å². The van der Waals surface area contributed by atoms with Crippen LogP contribution in [0.1, 0.15) is 43.2 Å². The summed E-state index contributed by atoms with van der Waals surface area (Å²) in [6.07, 6.45) is 7.44. The maximum atomic E-state index is 14.0. The highest BCUT2D eigenvalue weighted by Gasteiger charge is 2.52. The molecule has 0 atom stereocenters. The number of hydrogen-bond acceptors (Lipinski definition) is 2. The Morgan fingerprint density at radius 1 is 0.974 bits per heavy atom. The topological polar surface area (TPSA) is 45.2 Å². The average Bonchev–Trinajstić information content (AvgIpc) is 3.36. The van der Waals surface area contributed by atoms with E-state index in [2.05, 4.69) is 34.4 Å². The van der Waals surface area contributed by atoms with Crippen molar-refractivity contribution in [2.45, 2.75) is 37.5 Å². The zero-order valence-corrected chi connectivity index (χ0v) is 22.9. The van der Waals surface area contributed by atoms with Crippen LogP contribution in [0.3, 0.4) is 0 Å². The molecule has 194 valence electrons. The molecular formula is C34H30ClN2O2+. The van der Waals surface area contributed by atoms with Crippen molar-refractivity contribution in [1.82, 2.24) is 4.57 Å². The van der Waals surface area contributed by atoms with Crippen LogP contribution in [0.4, 0.5) is 5.69 Å². The van der Waals surface area contributed by atoms with Crippen molar-refractivity contribution < 1.29 is 14.5 Å². The molecule has 0 saturated heterocycles. The highest BCUT2D eigenvalue weighted by atomic mass is 35.5. The average molecular weight is 534 g/mol. The molecule has 39 heavy (non-hydrogen) atoms. The molecule has 1 aromatic heterocycles. The van der Waals surface area contributed by atoms with E-state index in [1.54, 1.807) is 0 Å². The molecule has 1 aliphatic heterocycles. The number of aryl methyl sites for hydroxylation is 1. The molecule has 4 aromatic rings. The van der Waals surface area contributed by atoms with Crippen LogP contribution in [-0.4, -0.2) is 32.8 Å². The number of Topliss-reactive ketones (excluding diaryl/α,β-unsaturated/α-hetero) is 1. The Bertz CT molecular complexity index is 1780. The van der Waals surface area contributed by atoms with E-state index in [9.17, 15) is 9.90 Å². The standard InChI is InChI=1S/C34H29ClN2O2/c1-36-27-16-15-22(35)19-25(27)34(17-9-4-10-18-34)28(36)20-24-32(38)30(33(24)39)29-23-13-7-8-14-26(23)37(2)31(29)21-11-5-3-6-12-21/h3,5-8,11-16,19-20H,4,9-10,17-18H2,1-2H3/p+1. The van der Waals surface area contributed by atoms with E-state index >= 15 is 0 Å². The van der Waals surface area contributed by atoms with Crippen LogP contribution in [0.5, 0.6) is 0 Å². The number of aliphatic hydroxyl groups is 1. The van der Waals surface area contributed by atoms with E-state index in [0.29, 0.717) is 11.1 Å². The molecular weight excluding hydrogens is 504 g/mol. The van der Waals surface area contributed by atoms with Gasteiger partial charge in [0, 0.05) is 46.2 Å². The molecule has 1 spiro atoms. The van der Waals surface area contributed by atoms with E-state index in [4.69, 9.17) is 11.6 Å². The summed E-state index contributed by atoms with van der Waals surface area (Å²) in [6, 6.07) is 24.3. The Balaban J connectivity index is 1.41. The summed E-state index contributed by atoms with van der Waals surface area (Å²) in [6.45, 7) is 0. The zero-order valence-electron chi connectivity index (χ0n) is 22.2. The predicted molar refractivity (Wildman–Crippen MR) is 158 cm³/mol. The van der Waals surface area contributed by atoms with Gasteiger partial charge in [-0.15, -0.1) is 0 Å². The highest BCUT2D eigenvalue weighted by Crippen LogP contribution is 2.51. The summed E-state index contributed by atoms with van der Waals surface area (Å²) < 4.78 is 4.31. The van der Waals surface area contributed by atoms with Gasteiger partial charge in [0.05, 0.1) is 22.3 Å². The van der Waals surface area contributed by atoms with Crippen molar-refractivity contribution in [3.05, 3.63) is 106 Å². The van der Waals surface area contributed by atoms with Gasteiger partial charge in [0.1, 0.15) is 12.8 Å². The molecule has 0 amide bonds. The molecule has 1 N–H and O–H groups in total. The molecule has 2 aliphatic carbocycles. The van der Waals surface area contributed by atoms with Crippen molar-refractivity contribution in [1.29, 1.82) is 0 Å². The lowest BCUT2D eigenvalue weighted by Crippen LogP contribution is -2.37. The first-order valence-corrected chi connectivity index (χ1v) is 14.0. The first-order chi connectivity index (χ1) is 18.9. The minimum absolute atomic E-state index is 0.0781. The Kier molecular flexibility index (Phi) is 5.47. The number of carbonyl (C=O) groups excluding carboxylic acids is 1. The molecule has 1 fully saturated rings. The fraction of sp³-hybridized carbons (Fsp3) is 0.235. The molecule has 3 aliphatic rings. The highest BCUT2D eigenvalue weighted by molar-refractivity contribution is 6.42. The summed E-state index contributed by atoms with van der Waals surface area (Å²) in [5.41, 5.74) is 7.81. The second kappa shape index (κ2) is 8.82. The van der Waals surface area contributed by atoms with Crippen LogP contribution in [-0.2, 0) is 17.3 Å². The van der Waals surface area contributed by atoms with Crippen LogP contribution < -0.4 is 0 Å². The number of rotatable bonds is 3. The number of benzene rings is 3. The number of para-hydroxylation sites is 1. The fourth-order valence-electron chi connectivity index (χ4n) is 7.19. The number of hydrogen-bond donors (Lipinski definition) is 1. The third-order valence-electron chi connectivity index (χ3n) is 9.04. The van der Waals surface area contributed by atoms with Gasteiger partial charge >= 0.3 is 0 Å². The maximum Gasteiger partial charge on any atom is 0.209 e. The van der Waals surface area contributed by atoms with Gasteiger partial charge in [0.25, 0.3) is 0 Å². The van der Waals surface area contributed by atoms with Gasteiger partial charge < -0.3 is 9.67 Å². The third-order valence-corrected chi connectivity index (χ3v) is 9.28. The smallest absolute Gasteiger partial charge is 0.209 e. The van der Waals surface area contributed by atoms with Gasteiger partial charge in [-0.25, -0.2) is 0 Å². The molecule has 7 rings (SSSR count). The summed E-state index contributed by atoms with van der Waals surface area (Å²) in [5.74, 6) is -0.0312. The lowest BCUT2D eigenvalue weighted by molar-refractivity contribution is -0.401. The first-order valence-electron chi connectivity index (χ1n) is 13.7. The second-order valence-electron chi connectivity index (χ2n) is 11.0. The SMILES string of the molecule is Cn1c(-c2ccccc2)c(C2=C(O)/C(=C\C3=[N+](C)c4ccc(Cl)cc4C34CCCCC4)C2=O)c2ccccc21. The summed E-state index contributed by atoms with van der Waals surface area (Å²) in [5, 5.41) is 13.2. The molecule has 5 heteroatoms. The Morgan fingerprint density at radius 2 is 1.69 bits per heavy atom. The number of halogens is 1. The van der Waals surface area contributed by atoms with Gasteiger partial charge in [-0.3, -0.25) is 4.79 Å². The molecule has 3 aromatic carbocycles. The number of aromatic nitrogens is 1. The second-order valence-corrected chi connectivity index (χ2v) is 11.5. The zero-order chi connectivity index (χ0) is 26.9. The van der Waals surface area contributed by atoms with Crippen LogP contribution in [0.2, 0.25) is 5.02 Å². The number of carbonyl (C=O) groups is 1. The molecule has 1 saturated carbocycles. The van der Waals surface area contributed by atoms with E-state index in [0.717, 1.165) is 69.8 Å². The minimum atomic E-state index is -0.189. The van der Waals surface area contributed by atoms with Crippen LogP contribution in [0.25, 0.3) is 27.7 Å². The summed E-state index contributed by atoms with van der Waals surface area (Å²) >= 11 is 6.47. The first kappa shape index (κ1) is 24.2. The fourth-order valence-corrected chi connectivity index (χ4v) is 7.37. The Labute approximate surface area is 233 Å². The summed E-state index contributed by atoms with van der Waals surface area (Å²) in [7, 11) is 4.08. The van der Waals surface area contributed by atoms with Crippen LogP contribution in [0, 0.1) is 0 Å². The lowest BCUT2D eigenvalue weighted by atomic mass is 9.66. The quantitative estimate of drug-likeness (QED) is 0.215. The summed E-state index contributed by atoms with van der Waals surface area (Å²) in [4.78, 5) is 14.0. The molecule has 4 nitrogen and oxygen atoms in total. The van der Waals surface area contributed by atoms with Crippen molar-refractivity contribution in [3.8, 4) is 11.3 Å². The Hall–Kier alpha value is -3.89. The monoisotopic (exact) mass is 533 g/mol. The number of ketones is 1. The number of fused-ring (bicyclic) bond motifs is 3. The van der Waals surface area contributed by atoms with Gasteiger partial charge in [-0.1, -0.05) is 79.4 Å². The van der Waals surface area contributed by atoms with Crippen molar-refractivity contribution in [2.75, 3.05) is 7.05 Å². The van der Waals surface area contributed by atoms with Gasteiger partial charge in [0.15, 0.2) is 5.71 Å². The normalized spacial score (nSPS) is 19.4. The number of nitrogens with zero attached hydrogens (tertiary/aromatic N) is 2. The maximum absolute atomic E-state index is 14.0. The Morgan fingerprint density at radius 3 is 2.44 bits per heavy atom. The molecule has 0 radical (unpaired) electrons. The molecule has 0 bridgehead atoms. The molecule has 2 heterocycles. The third kappa shape index (κ3) is 3.37. The minimum Gasteiger partial charge on any atom is -0.506 e. The predicted octanol–water partition coefficient (Wildman–Crippen LogP) is 7.91. The lowest BCUT2D eigenvalue weighted by Gasteiger charge is -2.32. The van der Waals surface area contributed by atoms with Crippen molar-refractivity contribution >= 4 is 45.3 Å². The largest absolute Gasteiger partial charge is 0.506 e. The molecule has 0 unspecified atom stereocenters.